The van der Waals surface area contributed by atoms with Gasteiger partial charge in [-0.1, -0.05) is 11.6 Å². The molecule has 2 atom stereocenters. The van der Waals surface area contributed by atoms with Crippen LogP contribution in [0.5, 0.6) is 0 Å². The van der Waals surface area contributed by atoms with E-state index in [1.807, 2.05) is 0 Å². The Morgan fingerprint density at radius 1 is 1.58 bits per heavy atom. The minimum Gasteiger partial charge on any atom is -0.392 e. The van der Waals surface area contributed by atoms with Crippen LogP contribution in [0.1, 0.15) is 30.5 Å². The topological polar surface area (TPSA) is 60.8 Å². The molecule has 1 aliphatic rings. The number of carbonyl (C=O) groups excluding carboxylic acids is 1. The molecule has 0 spiro atoms. The minimum atomic E-state index is -0.996. The van der Waals surface area contributed by atoms with Gasteiger partial charge in [0.25, 0.3) is 5.91 Å². The normalized spacial score (nSPS) is 21.0. The lowest BCUT2D eigenvalue weighted by molar-refractivity contribution is -0.136. The summed E-state index contributed by atoms with van der Waals surface area (Å²) in [7, 11) is 0. The number of halogens is 2. The van der Waals surface area contributed by atoms with Crippen molar-refractivity contribution in [2.45, 2.75) is 32.1 Å². The monoisotopic (exact) mass is 287 g/mol. The van der Waals surface area contributed by atoms with E-state index in [2.05, 4.69) is 0 Å². The molecule has 1 unspecified atom stereocenters. The van der Waals surface area contributed by atoms with Crippen molar-refractivity contribution in [3.63, 3.8) is 0 Å². The molecule has 2 N–H and O–H groups in total. The van der Waals surface area contributed by atoms with Crippen LogP contribution in [0, 0.1) is 5.82 Å². The number of amides is 1. The first-order chi connectivity index (χ1) is 8.95. The zero-order chi connectivity index (χ0) is 14.2. The first kappa shape index (κ1) is 14.2. The molecule has 4 nitrogen and oxygen atoms in total. The Kier molecular flexibility index (Phi) is 4.08. The van der Waals surface area contributed by atoms with E-state index in [9.17, 15) is 19.4 Å². The van der Waals surface area contributed by atoms with E-state index < -0.39 is 18.0 Å². The molecule has 1 fully saturated rings. The van der Waals surface area contributed by atoms with Gasteiger partial charge in [0.15, 0.2) is 0 Å². The summed E-state index contributed by atoms with van der Waals surface area (Å²) in [6.45, 7) is 1.80. The molecule has 2 rings (SSSR count). The SMILES string of the molecule is C[C@@H](c1cc(F)cc(Cl)c1CO)N1CCC(O)C1=O. The Hall–Kier alpha value is -1.17. The lowest BCUT2D eigenvalue weighted by Gasteiger charge is -2.26. The largest absolute Gasteiger partial charge is 0.392 e. The highest BCUT2D eigenvalue weighted by Gasteiger charge is 2.34. The molecule has 0 aromatic heterocycles. The Labute approximate surface area is 115 Å². The Morgan fingerprint density at radius 2 is 2.26 bits per heavy atom. The first-order valence-corrected chi connectivity index (χ1v) is 6.40. The van der Waals surface area contributed by atoms with Crippen LogP contribution in [0.4, 0.5) is 4.39 Å². The second-order valence-corrected chi connectivity index (χ2v) is 5.03. The number of hydrogen-bond donors (Lipinski definition) is 2. The van der Waals surface area contributed by atoms with Crippen molar-refractivity contribution in [2.75, 3.05) is 6.54 Å². The summed E-state index contributed by atoms with van der Waals surface area (Å²) in [6.07, 6.45) is -0.634. The molecular formula is C13H15ClFNO3. The number of likely N-dealkylation sites (tertiary alicyclic amines) is 1. The van der Waals surface area contributed by atoms with E-state index in [0.29, 0.717) is 24.1 Å². The second-order valence-electron chi connectivity index (χ2n) is 4.63. The van der Waals surface area contributed by atoms with Gasteiger partial charge in [-0.25, -0.2) is 4.39 Å². The van der Waals surface area contributed by atoms with Crippen LogP contribution in [0.3, 0.4) is 0 Å². The van der Waals surface area contributed by atoms with Crippen LogP contribution in [0.25, 0.3) is 0 Å². The van der Waals surface area contributed by atoms with Crippen LogP contribution < -0.4 is 0 Å². The van der Waals surface area contributed by atoms with E-state index in [0.717, 1.165) is 6.07 Å². The van der Waals surface area contributed by atoms with Crippen molar-refractivity contribution in [3.8, 4) is 0 Å². The summed E-state index contributed by atoms with van der Waals surface area (Å²) in [4.78, 5) is 13.2. The maximum Gasteiger partial charge on any atom is 0.251 e. The summed E-state index contributed by atoms with van der Waals surface area (Å²) in [5.41, 5.74) is 0.875. The lowest BCUT2D eigenvalue weighted by atomic mass is 10.0. The van der Waals surface area contributed by atoms with Crippen molar-refractivity contribution in [2.24, 2.45) is 0 Å². The van der Waals surface area contributed by atoms with E-state index in [-0.39, 0.29) is 17.5 Å². The van der Waals surface area contributed by atoms with Gasteiger partial charge >= 0.3 is 0 Å². The van der Waals surface area contributed by atoms with Crippen molar-refractivity contribution < 1.29 is 19.4 Å². The molecule has 1 heterocycles. The average Bonchev–Trinajstić information content (AvgIpc) is 2.68. The number of aliphatic hydroxyl groups is 2. The van der Waals surface area contributed by atoms with Crippen molar-refractivity contribution >= 4 is 17.5 Å². The van der Waals surface area contributed by atoms with Crippen LogP contribution >= 0.6 is 11.6 Å². The van der Waals surface area contributed by atoms with E-state index in [1.165, 1.54) is 11.0 Å². The van der Waals surface area contributed by atoms with Crippen molar-refractivity contribution in [1.82, 2.24) is 4.90 Å². The second kappa shape index (κ2) is 5.45. The third-order valence-electron chi connectivity index (χ3n) is 3.48. The van der Waals surface area contributed by atoms with E-state index >= 15 is 0 Å². The molecule has 1 aromatic rings. The predicted molar refractivity (Wildman–Crippen MR) is 68.1 cm³/mol. The molecule has 0 aliphatic carbocycles. The van der Waals surface area contributed by atoms with E-state index in [1.54, 1.807) is 6.92 Å². The number of benzene rings is 1. The van der Waals surface area contributed by atoms with Crippen LogP contribution in [0.2, 0.25) is 5.02 Å². The number of aliphatic hydroxyl groups excluding tert-OH is 2. The molecule has 1 saturated heterocycles. The van der Waals surface area contributed by atoms with Crippen molar-refractivity contribution in [3.05, 3.63) is 34.1 Å². The van der Waals surface area contributed by atoms with Gasteiger partial charge in [0.1, 0.15) is 11.9 Å². The standard InChI is InChI=1S/C13H15ClFNO3/c1-7(16-3-2-12(18)13(16)19)9-4-8(15)5-11(14)10(9)6-17/h4-5,7,12,17-18H,2-3,6H2,1H3/t7-,12?/m0/s1. The molecule has 104 valence electrons. The molecule has 0 bridgehead atoms. The maximum absolute atomic E-state index is 13.4. The number of carbonyl (C=O) groups is 1. The average molecular weight is 288 g/mol. The van der Waals surface area contributed by atoms with Gasteiger partial charge in [0.05, 0.1) is 12.6 Å². The molecule has 0 radical (unpaired) electrons. The van der Waals surface area contributed by atoms with Crippen molar-refractivity contribution in [1.29, 1.82) is 0 Å². The highest BCUT2D eigenvalue weighted by molar-refractivity contribution is 6.31. The molecule has 1 amide bonds. The summed E-state index contributed by atoms with van der Waals surface area (Å²) < 4.78 is 13.4. The van der Waals surface area contributed by atoms with Gasteiger partial charge in [-0.2, -0.15) is 0 Å². The summed E-state index contributed by atoms with van der Waals surface area (Å²) in [5, 5.41) is 18.9. The zero-order valence-corrected chi connectivity index (χ0v) is 11.2. The number of hydrogen-bond acceptors (Lipinski definition) is 3. The van der Waals surface area contributed by atoms with Crippen LogP contribution in [-0.4, -0.2) is 33.7 Å². The lowest BCUT2D eigenvalue weighted by Crippen LogP contribution is -2.32. The molecule has 19 heavy (non-hydrogen) atoms. The number of nitrogens with zero attached hydrogens (tertiary/aromatic N) is 1. The molecule has 0 saturated carbocycles. The molecular weight excluding hydrogens is 273 g/mol. The van der Waals surface area contributed by atoms with Gasteiger partial charge in [-0.05, 0) is 31.0 Å². The van der Waals surface area contributed by atoms with Crippen LogP contribution in [0.15, 0.2) is 12.1 Å². The maximum atomic E-state index is 13.4. The summed E-state index contributed by atoms with van der Waals surface area (Å²) >= 11 is 5.90. The zero-order valence-electron chi connectivity index (χ0n) is 10.4. The third-order valence-corrected chi connectivity index (χ3v) is 3.82. The summed E-state index contributed by atoms with van der Waals surface area (Å²) in [6, 6.07) is 1.95. The Bertz CT molecular complexity index is 509. The molecule has 1 aliphatic heterocycles. The minimum absolute atomic E-state index is 0.136. The van der Waals surface area contributed by atoms with Gasteiger partial charge in [0.2, 0.25) is 0 Å². The fraction of sp³-hybridized carbons (Fsp3) is 0.462. The van der Waals surface area contributed by atoms with Gasteiger partial charge in [0, 0.05) is 17.1 Å². The Morgan fingerprint density at radius 3 is 2.79 bits per heavy atom. The fourth-order valence-corrected chi connectivity index (χ4v) is 2.67. The van der Waals surface area contributed by atoms with Gasteiger partial charge < -0.3 is 15.1 Å². The molecule has 6 heteroatoms. The van der Waals surface area contributed by atoms with Gasteiger partial charge in [-0.15, -0.1) is 0 Å². The highest BCUT2D eigenvalue weighted by atomic mass is 35.5. The molecule has 1 aromatic carbocycles. The summed E-state index contributed by atoms with van der Waals surface area (Å²) in [5.74, 6) is -0.895. The predicted octanol–water partition coefficient (Wildman–Crippen LogP) is 1.63. The van der Waals surface area contributed by atoms with Crippen LogP contribution in [-0.2, 0) is 11.4 Å². The smallest absolute Gasteiger partial charge is 0.251 e. The number of rotatable bonds is 3. The van der Waals surface area contributed by atoms with Gasteiger partial charge in [-0.3, -0.25) is 4.79 Å². The Balaban J connectivity index is 2.38. The first-order valence-electron chi connectivity index (χ1n) is 6.03. The quantitative estimate of drug-likeness (QED) is 0.888. The fourth-order valence-electron chi connectivity index (χ4n) is 2.40. The highest BCUT2D eigenvalue weighted by Crippen LogP contribution is 2.32. The van der Waals surface area contributed by atoms with E-state index in [4.69, 9.17) is 11.6 Å². The third kappa shape index (κ3) is 2.59.